The Hall–Kier alpha value is -1.67. The van der Waals surface area contributed by atoms with E-state index in [1.165, 1.54) is 0 Å². The third-order valence-corrected chi connectivity index (χ3v) is 3.04. The number of hydrogen-bond acceptors (Lipinski definition) is 5. The molecule has 2 rings (SSSR count). The zero-order valence-electron chi connectivity index (χ0n) is 8.12. The van der Waals surface area contributed by atoms with Crippen molar-refractivity contribution in [2.24, 2.45) is 5.73 Å². The number of amides is 2. The fourth-order valence-corrected chi connectivity index (χ4v) is 2.20. The van der Waals surface area contributed by atoms with Crippen molar-refractivity contribution in [3.63, 3.8) is 0 Å². The summed E-state index contributed by atoms with van der Waals surface area (Å²) in [5.41, 5.74) is 5.57. The summed E-state index contributed by atoms with van der Waals surface area (Å²) in [4.78, 5) is 30.6. The van der Waals surface area contributed by atoms with Crippen LogP contribution in [0.25, 0.3) is 0 Å². The van der Waals surface area contributed by atoms with E-state index >= 15 is 0 Å². The first kappa shape index (κ1) is 10.8. The highest BCUT2D eigenvalue weighted by Gasteiger charge is 2.33. The Morgan fingerprint density at radius 3 is 3.00 bits per heavy atom. The van der Waals surface area contributed by atoms with Crippen LogP contribution in [-0.2, 0) is 4.84 Å². The van der Waals surface area contributed by atoms with Gasteiger partial charge in [-0.1, -0.05) is 0 Å². The molecule has 0 aromatic carbocycles. The lowest BCUT2D eigenvalue weighted by atomic mass is 10.2. The predicted molar refractivity (Wildman–Crippen MR) is 53.8 cm³/mol. The third kappa shape index (κ3) is 1.84. The van der Waals surface area contributed by atoms with Gasteiger partial charge >= 0.3 is 6.09 Å². The number of nitrogens with two attached hydrogens (primary N) is 1. The monoisotopic (exact) mass is 243 g/mol. The Bertz CT molecular complexity index is 433. The minimum absolute atomic E-state index is 0.173. The van der Waals surface area contributed by atoms with Gasteiger partial charge in [-0.3, -0.25) is 9.63 Å². The lowest BCUT2D eigenvalue weighted by molar-refractivity contribution is -0.104. The number of carbonyl (C=O) groups is 2. The molecule has 3 N–H and O–H groups in total. The SMILES string of the molecule is NC(=O)c1nc(C2CCON2C(=O)O)cs1. The van der Waals surface area contributed by atoms with Gasteiger partial charge in [-0.05, 0) is 0 Å². The Morgan fingerprint density at radius 2 is 2.44 bits per heavy atom. The number of hydroxylamine groups is 2. The molecular formula is C8H9N3O4S. The van der Waals surface area contributed by atoms with Crippen LogP contribution >= 0.6 is 11.3 Å². The number of rotatable bonds is 2. The first-order valence-corrected chi connectivity index (χ1v) is 5.38. The van der Waals surface area contributed by atoms with E-state index in [9.17, 15) is 9.59 Å². The summed E-state index contributed by atoms with van der Waals surface area (Å²) in [7, 11) is 0. The van der Waals surface area contributed by atoms with Gasteiger partial charge in [-0.25, -0.2) is 9.78 Å². The maximum Gasteiger partial charge on any atom is 0.432 e. The van der Waals surface area contributed by atoms with Crippen LogP contribution in [0.15, 0.2) is 5.38 Å². The Morgan fingerprint density at radius 1 is 1.69 bits per heavy atom. The largest absolute Gasteiger partial charge is 0.463 e. The predicted octanol–water partition coefficient (Wildman–Crippen LogP) is 0.598. The summed E-state index contributed by atoms with van der Waals surface area (Å²) in [5.74, 6) is -0.614. The van der Waals surface area contributed by atoms with Crippen molar-refractivity contribution in [1.29, 1.82) is 0 Å². The third-order valence-electron chi connectivity index (χ3n) is 2.17. The van der Waals surface area contributed by atoms with Crippen LogP contribution in [0, 0.1) is 0 Å². The molecule has 1 aliphatic rings. The molecule has 1 atom stereocenters. The van der Waals surface area contributed by atoms with Gasteiger partial charge in [-0.2, -0.15) is 5.06 Å². The molecule has 1 aromatic rings. The second-order valence-corrected chi connectivity index (χ2v) is 4.05. The van der Waals surface area contributed by atoms with Crippen molar-refractivity contribution in [1.82, 2.24) is 10.0 Å². The maximum absolute atomic E-state index is 10.9. The van der Waals surface area contributed by atoms with E-state index in [1.807, 2.05) is 0 Å². The summed E-state index contributed by atoms with van der Waals surface area (Å²) in [5, 5.41) is 11.5. The zero-order chi connectivity index (χ0) is 11.7. The summed E-state index contributed by atoms with van der Waals surface area (Å²) in [6.45, 7) is 0.320. The highest BCUT2D eigenvalue weighted by atomic mass is 32.1. The van der Waals surface area contributed by atoms with Crippen LogP contribution in [-0.4, -0.2) is 33.8 Å². The van der Waals surface area contributed by atoms with Crippen LogP contribution in [0.4, 0.5) is 4.79 Å². The molecule has 1 fully saturated rings. The summed E-state index contributed by atoms with van der Waals surface area (Å²) in [6.07, 6.45) is -0.648. The molecule has 2 heterocycles. The van der Waals surface area contributed by atoms with Gasteiger partial charge in [0.1, 0.15) is 6.04 Å². The molecular weight excluding hydrogens is 234 g/mol. The minimum Gasteiger partial charge on any atom is -0.463 e. The van der Waals surface area contributed by atoms with Crippen molar-refractivity contribution in [2.45, 2.75) is 12.5 Å². The van der Waals surface area contributed by atoms with Crippen molar-refractivity contribution >= 4 is 23.3 Å². The van der Waals surface area contributed by atoms with Gasteiger partial charge < -0.3 is 10.8 Å². The van der Waals surface area contributed by atoms with Gasteiger partial charge in [0.25, 0.3) is 5.91 Å². The molecule has 7 nitrogen and oxygen atoms in total. The molecule has 8 heteroatoms. The molecule has 0 radical (unpaired) electrons. The van der Waals surface area contributed by atoms with E-state index in [-0.39, 0.29) is 5.01 Å². The molecule has 0 bridgehead atoms. The average molecular weight is 243 g/mol. The second-order valence-electron chi connectivity index (χ2n) is 3.19. The fraction of sp³-hybridized carbons (Fsp3) is 0.375. The molecule has 1 aliphatic heterocycles. The topological polar surface area (TPSA) is 106 Å². The lowest BCUT2D eigenvalue weighted by Gasteiger charge is -2.16. The minimum atomic E-state index is -1.17. The normalized spacial score (nSPS) is 20.0. The molecule has 1 unspecified atom stereocenters. The summed E-state index contributed by atoms with van der Waals surface area (Å²) in [6, 6.07) is -0.457. The van der Waals surface area contributed by atoms with E-state index < -0.39 is 18.0 Å². The average Bonchev–Trinajstić information content (AvgIpc) is 2.86. The van der Waals surface area contributed by atoms with Crippen molar-refractivity contribution in [2.75, 3.05) is 6.61 Å². The van der Waals surface area contributed by atoms with Crippen LogP contribution in [0.3, 0.4) is 0 Å². The number of nitrogens with zero attached hydrogens (tertiary/aromatic N) is 2. The Kier molecular flexibility index (Phi) is 2.75. The highest BCUT2D eigenvalue weighted by Crippen LogP contribution is 2.30. The fourth-order valence-electron chi connectivity index (χ4n) is 1.48. The van der Waals surface area contributed by atoms with Crippen LogP contribution in [0.5, 0.6) is 0 Å². The van der Waals surface area contributed by atoms with E-state index in [0.717, 1.165) is 16.4 Å². The van der Waals surface area contributed by atoms with Gasteiger partial charge in [0.15, 0.2) is 5.01 Å². The quantitative estimate of drug-likeness (QED) is 0.791. The van der Waals surface area contributed by atoms with E-state index in [2.05, 4.69) is 4.98 Å². The second kappa shape index (κ2) is 4.06. The first-order chi connectivity index (χ1) is 7.59. The number of carbonyl (C=O) groups excluding carboxylic acids is 1. The highest BCUT2D eigenvalue weighted by molar-refractivity contribution is 7.11. The number of carboxylic acid groups (broad SMARTS) is 1. The first-order valence-electron chi connectivity index (χ1n) is 4.50. The van der Waals surface area contributed by atoms with Crippen molar-refractivity contribution in [3.8, 4) is 0 Å². The van der Waals surface area contributed by atoms with Crippen LogP contribution < -0.4 is 5.73 Å². The Labute approximate surface area is 94.4 Å². The van der Waals surface area contributed by atoms with E-state index in [1.54, 1.807) is 5.38 Å². The number of hydrogen-bond donors (Lipinski definition) is 2. The maximum atomic E-state index is 10.9. The standard InChI is InChI=1S/C8H9N3O4S/c9-6(12)7-10-4(3-16-7)5-1-2-15-11(5)8(13)14/h3,5H,1-2H2,(H2,9,12)(H,13,14). The molecule has 16 heavy (non-hydrogen) atoms. The smallest absolute Gasteiger partial charge is 0.432 e. The lowest BCUT2D eigenvalue weighted by Crippen LogP contribution is -2.27. The van der Waals surface area contributed by atoms with Crippen LogP contribution in [0.2, 0.25) is 0 Å². The molecule has 1 saturated heterocycles. The molecule has 86 valence electrons. The number of aromatic nitrogens is 1. The summed E-state index contributed by atoms with van der Waals surface area (Å²) >= 11 is 1.10. The Balaban J connectivity index is 2.22. The molecule has 0 saturated carbocycles. The number of thiazole rings is 1. The summed E-state index contributed by atoms with van der Waals surface area (Å²) < 4.78 is 0. The van der Waals surface area contributed by atoms with Crippen molar-refractivity contribution < 1.29 is 19.5 Å². The van der Waals surface area contributed by atoms with E-state index in [4.69, 9.17) is 15.7 Å². The number of primary amides is 1. The van der Waals surface area contributed by atoms with Gasteiger partial charge in [0.2, 0.25) is 0 Å². The molecule has 1 aromatic heterocycles. The zero-order valence-corrected chi connectivity index (χ0v) is 8.94. The van der Waals surface area contributed by atoms with Crippen LogP contribution in [0.1, 0.15) is 28.0 Å². The molecule has 0 aliphatic carbocycles. The van der Waals surface area contributed by atoms with Crippen molar-refractivity contribution in [3.05, 3.63) is 16.1 Å². The van der Waals surface area contributed by atoms with Gasteiger partial charge in [0, 0.05) is 11.8 Å². The van der Waals surface area contributed by atoms with E-state index in [0.29, 0.717) is 18.7 Å². The molecule has 2 amide bonds. The molecule has 0 spiro atoms. The van der Waals surface area contributed by atoms with Gasteiger partial charge in [0.05, 0.1) is 12.3 Å². The van der Waals surface area contributed by atoms with Gasteiger partial charge in [-0.15, -0.1) is 11.3 Å².